The summed E-state index contributed by atoms with van der Waals surface area (Å²) in [6.45, 7) is 0.546. The van der Waals surface area contributed by atoms with Crippen molar-refractivity contribution < 1.29 is 9.21 Å². The number of rotatable bonds is 2. The van der Waals surface area contributed by atoms with E-state index < -0.39 is 0 Å². The smallest absolute Gasteiger partial charge is 0.312 e. The number of aromatic nitrogens is 2. The number of para-hydroxylation sites is 1. The van der Waals surface area contributed by atoms with Crippen LogP contribution in [0.25, 0.3) is 0 Å². The van der Waals surface area contributed by atoms with Crippen molar-refractivity contribution in [3.05, 3.63) is 36.2 Å². The first-order chi connectivity index (χ1) is 8.74. The van der Waals surface area contributed by atoms with E-state index in [4.69, 9.17) is 10.2 Å². The quantitative estimate of drug-likeness (QED) is 0.857. The minimum absolute atomic E-state index is 0.0376. The van der Waals surface area contributed by atoms with E-state index in [0.29, 0.717) is 18.9 Å². The third-order valence-corrected chi connectivity index (χ3v) is 3.00. The van der Waals surface area contributed by atoms with Crippen LogP contribution in [-0.2, 0) is 4.79 Å². The van der Waals surface area contributed by atoms with E-state index in [-0.39, 0.29) is 17.8 Å². The molecule has 0 spiro atoms. The van der Waals surface area contributed by atoms with E-state index in [1.807, 2.05) is 30.3 Å². The van der Waals surface area contributed by atoms with Gasteiger partial charge >= 0.3 is 6.01 Å². The second-order valence-electron chi connectivity index (χ2n) is 4.22. The zero-order valence-corrected chi connectivity index (χ0v) is 9.61. The maximum atomic E-state index is 12.0. The molecule has 2 N–H and O–H groups in total. The number of nitrogen functional groups attached to an aromatic ring is 1. The Morgan fingerprint density at radius 3 is 2.72 bits per heavy atom. The molecule has 0 saturated carbocycles. The highest BCUT2D eigenvalue weighted by Gasteiger charge is 2.34. The number of carbonyl (C=O) groups excluding carboxylic acids is 1. The van der Waals surface area contributed by atoms with Crippen molar-refractivity contribution >= 4 is 17.6 Å². The number of nitrogens with zero attached hydrogens (tertiary/aromatic N) is 3. The molecule has 2 aromatic rings. The molecule has 2 heterocycles. The van der Waals surface area contributed by atoms with Crippen LogP contribution >= 0.6 is 0 Å². The predicted molar refractivity (Wildman–Crippen MR) is 64.9 cm³/mol. The molecule has 1 aliphatic rings. The first-order valence-electron chi connectivity index (χ1n) is 5.68. The van der Waals surface area contributed by atoms with Crippen molar-refractivity contribution in [2.24, 2.45) is 0 Å². The summed E-state index contributed by atoms with van der Waals surface area (Å²) in [4.78, 5) is 13.7. The standard InChI is InChI=1S/C12H12N4O2/c13-12-15-14-11(18-12)8-6-10(17)16(7-8)9-4-2-1-3-5-9/h1-5,8H,6-7H2,(H2,13,15)/t8-/m0/s1. The number of hydrogen-bond donors (Lipinski definition) is 1. The van der Waals surface area contributed by atoms with Gasteiger partial charge in [0.1, 0.15) is 0 Å². The summed E-state index contributed by atoms with van der Waals surface area (Å²) in [6, 6.07) is 9.57. The molecule has 0 unspecified atom stereocenters. The third kappa shape index (κ3) is 1.81. The van der Waals surface area contributed by atoms with Gasteiger partial charge in [-0.1, -0.05) is 23.3 Å². The van der Waals surface area contributed by atoms with Crippen LogP contribution in [0.4, 0.5) is 11.7 Å². The van der Waals surface area contributed by atoms with Gasteiger partial charge in [-0.05, 0) is 12.1 Å². The molecule has 6 heteroatoms. The van der Waals surface area contributed by atoms with Gasteiger partial charge in [-0.15, -0.1) is 5.10 Å². The number of carbonyl (C=O) groups is 1. The lowest BCUT2D eigenvalue weighted by molar-refractivity contribution is -0.117. The summed E-state index contributed by atoms with van der Waals surface area (Å²) in [5, 5.41) is 7.46. The first-order valence-corrected chi connectivity index (χ1v) is 5.68. The monoisotopic (exact) mass is 244 g/mol. The molecule has 1 amide bonds. The number of amides is 1. The minimum atomic E-state index is -0.0810. The number of nitrogens with two attached hydrogens (primary N) is 1. The molecule has 0 bridgehead atoms. The Morgan fingerprint density at radius 2 is 2.06 bits per heavy atom. The molecule has 1 aliphatic heterocycles. The third-order valence-electron chi connectivity index (χ3n) is 3.00. The molecule has 3 rings (SSSR count). The van der Waals surface area contributed by atoms with Crippen molar-refractivity contribution in [3.63, 3.8) is 0 Å². The molecule has 18 heavy (non-hydrogen) atoms. The van der Waals surface area contributed by atoms with Crippen LogP contribution < -0.4 is 10.6 Å². The zero-order chi connectivity index (χ0) is 12.5. The molecule has 92 valence electrons. The van der Waals surface area contributed by atoms with Crippen LogP contribution in [0.2, 0.25) is 0 Å². The summed E-state index contributed by atoms with van der Waals surface area (Å²) in [5.41, 5.74) is 6.27. The van der Waals surface area contributed by atoms with E-state index in [9.17, 15) is 4.79 Å². The average Bonchev–Trinajstić information content (AvgIpc) is 2.97. The van der Waals surface area contributed by atoms with Gasteiger partial charge in [-0.3, -0.25) is 4.79 Å². The van der Waals surface area contributed by atoms with Gasteiger partial charge in [0.25, 0.3) is 0 Å². The Labute approximate surface area is 103 Å². The van der Waals surface area contributed by atoms with Crippen LogP contribution in [0.1, 0.15) is 18.2 Å². The summed E-state index contributed by atoms with van der Waals surface area (Å²) in [7, 11) is 0. The van der Waals surface area contributed by atoms with Crippen molar-refractivity contribution in [1.29, 1.82) is 0 Å². The lowest BCUT2D eigenvalue weighted by atomic mass is 10.1. The van der Waals surface area contributed by atoms with E-state index in [1.54, 1.807) is 4.90 Å². The molecular formula is C12H12N4O2. The van der Waals surface area contributed by atoms with Gasteiger partial charge in [0.05, 0.1) is 5.92 Å². The van der Waals surface area contributed by atoms with Crippen molar-refractivity contribution in [2.75, 3.05) is 17.2 Å². The predicted octanol–water partition coefficient (Wildman–Crippen LogP) is 1.17. The van der Waals surface area contributed by atoms with Gasteiger partial charge in [0.2, 0.25) is 11.8 Å². The zero-order valence-electron chi connectivity index (χ0n) is 9.61. The van der Waals surface area contributed by atoms with E-state index >= 15 is 0 Å². The fourth-order valence-corrected chi connectivity index (χ4v) is 2.14. The number of benzene rings is 1. The lowest BCUT2D eigenvalue weighted by Crippen LogP contribution is -2.24. The first kappa shape index (κ1) is 10.8. The van der Waals surface area contributed by atoms with Gasteiger partial charge in [0.15, 0.2) is 0 Å². The number of anilines is 2. The average molecular weight is 244 g/mol. The molecule has 1 fully saturated rings. The Morgan fingerprint density at radius 1 is 1.28 bits per heavy atom. The van der Waals surface area contributed by atoms with Gasteiger partial charge in [0, 0.05) is 18.7 Å². The molecule has 0 radical (unpaired) electrons. The molecule has 1 atom stereocenters. The summed E-state index contributed by atoms with van der Waals surface area (Å²) >= 11 is 0. The van der Waals surface area contributed by atoms with E-state index in [2.05, 4.69) is 10.2 Å². The largest absolute Gasteiger partial charge is 0.408 e. The minimum Gasteiger partial charge on any atom is -0.408 e. The summed E-state index contributed by atoms with van der Waals surface area (Å²) in [5.74, 6) is 0.407. The molecule has 1 aromatic carbocycles. The van der Waals surface area contributed by atoms with Crippen molar-refractivity contribution in [3.8, 4) is 0 Å². The van der Waals surface area contributed by atoms with Gasteiger partial charge in [-0.25, -0.2) is 0 Å². The SMILES string of the molecule is Nc1nnc([C@H]2CC(=O)N(c3ccccc3)C2)o1. The van der Waals surface area contributed by atoms with Crippen LogP contribution in [0.15, 0.2) is 34.7 Å². The van der Waals surface area contributed by atoms with Crippen LogP contribution in [-0.4, -0.2) is 22.6 Å². The highest BCUT2D eigenvalue weighted by molar-refractivity contribution is 5.96. The van der Waals surface area contributed by atoms with Crippen LogP contribution in [0, 0.1) is 0 Å². The van der Waals surface area contributed by atoms with Gasteiger partial charge in [-0.2, -0.15) is 0 Å². The molecule has 6 nitrogen and oxygen atoms in total. The Balaban J connectivity index is 1.83. The molecule has 1 aromatic heterocycles. The van der Waals surface area contributed by atoms with Crippen molar-refractivity contribution in [2.45, 2.75) is 12.3 Å². The Kier molecular flexibility index (Phi) is 2.47. The lowest BCUT2D eigenvalue weighted by Gasteiger charge is -2.15. The highest BCUT2D eigenvalue weighted by Crippen LogP contribution is 2.31. The van der Waals surface area contributed by atoms with Crippen molar-refractivity contribution in [1.82, 2.24) is 10.2 Å². The maximum Gasteiger partial charge on any atom is 0.312 e. The summed E-state index contributed by atoms with van der Waals surface area (Å²) in [6.07, 6.45) is 0.372. The Bertz CT molecular complexity index is 566. The van der Waals surface area contributed by atoms with E-state index in [0.717, 1.165) is 5.69 Å². The van der Waals surface area contributed by atoms with Crippen LogP contribution in [0.5, 0.6) is 0 Å². The van der Waals surface area contributed by atoms with Crippen LogP contribution in [0.3, 0.4) is 0 Å². The second kappa shape index (κ2) is 4.14. The van der Waals surface area contributed by atoms with E-state index in [1.165, 1.54) is 0 Å². The number of hydrogen-bond acceptors (Lipinski definition) is 5. The fourth-order valence-electron chi connectivity index (χ4n) is 2.14. The summed E-state index contributed by atoms with van der Waals surface area (Å²) < 4.78 is 5.18. The molecule has 1 saturated heterocycles. The topological polar surface area (TPSA) is 85.2 Å². The fraction of sp³-hybridized carbons (Fsp3) is 0.250. The highest BCUT2D eigenvalue weighted by atomic mass is 16.4. The van der Waals surface area contributed by atoms with Gasteiger partial charge < -0.3 is 15.1 Å². The maximum absolute atomic E-state index is 12.0. The molecule has 0 aliphatic carbocycles. The molecular weight excluding hydrogens is 232 g/mol. The normalized spacial score (nSPS) is 19.4. The Hall–Kier alpha value is -2.37. The second-order valence-corrected chi connectivity index (χ2v) is 4.22.